The van der Waals surface area contributed by atoms with Crippen molar-refractivity contribution in [1.82, 2.24) is 25.5 Å². The molecule has 4 rings (SSSR count). The highest BCUT2D eigenvalue weighted by atomic mass is 32.2. The lowest BCUT2D eigenvalue weighted by atomic mass is 9.89. The Kier molecular flexibility index (Phi) is 5.62. The van der Waals surface area contributed by atoms with Gasteiger partial charge in [0, 0.05) is 11.9 Å². The van der Waals surface area contributed by atoms with E-state index in [4.69, 9.17) is 0 Å². The summed E-state index contributed by atoms with van der Waals surface area (Å²) in [5.41, 5.74) is 1.80. The van der Waals surface area contributed by atoms with Crippen LogP contribution >= 0.6 is 0 Å². The van der Waals surface area contributed by atoms with E-state index in [0.29, 0.717) is 10.6 Å². The van der Waals surface area contributed by atoms with Gasteiger partial charge in [0.2, 0.25) is 0 Å². The molecule has 33 heavy (non-hydrogen) atoms. The van der Waals surface area contributed by atoms with Crippen LogP contribution in [0.2, 0.25) is 0 Å². The molecule has 0 bridgehead atoms. The van der Waals surface area contributed by atoms with E-state index in [1.54, 1.807) is 22.9 Å². The van der Waals surface area contributed by atoms with Gasteiger partial charge in [0.25, 0.3) is 21.8 Å². The minimum Gasteiger partial charge on any atom is -0.366 e. The van der Waals surface area contributed by atoms with Crippen LogP contribution in [0.4, 0.5) is 13.2 Å². The van der Waals surface area contributed by atoms with Crippen LogP contribution in [-0.2, 0) is 19.6 Å². The van der Waals surface area contributed by atoms with Gasteiger partial charge in [-0.2, -0.15) is 21.6 Å². The van der Waals surface area contributed by atoms with Crippen LogP contribution < -0.4 is 15.5 Å². The van der Waals surface area contributed by atoms with Crippen LogP contribution in [0, 0.1) is 0 Å². The lowest BCUT2D eigenvalue weighted by Gasteiger charge is -2.34. The van der Waals surface area contributed by atoms with Gasteiger partial charge in [-0.1, -0.05) is 36.4 Å². The molecule has 1 aromatic heterocycles. The maximum Gasteiger partial charge on any atom is 0.406 e. The molecule has 3 N–H and O–H groups in total. The summed E-state index contributed by atoms with van der Waals surface area (Å²) in [5.74, 6) is -3.59. The number of aromatic nitrogens is 1. The van der Waals surface area contributed by atoms with Crippen molar-refractivity contribution in [3.8, 4) is 0 Å². The zero-order valence-electron chi connectivity index (χ0n) is 17.0. The maximum absolute atomic E-state index is 13.8. The molecule has 13 heteroatoms. The van der Waals surface area contributed by atoms with Gasteiger partial charge in [0.05, 0.1) is 5.92 Å². The molecular weight excluding hydrogens is 463 g/mol. The molecule has 3 atom stereocenters. The standard InChI is InChI=1S/C20H18F3N5O4S/c1-11-14(18(29)27-33(31,32)13-9-5-6-10-24-13)19(30)28-17(25-11)15(12-7-3-2-4-8-12)16(26-28)20(21,22)23/h2-10,15-17,25-26H,1H3,(H,27,29). The fourth-order valence-electron chi connectivity index (χ4n) is 3.89. The van der Waals surface area contributed by atoms with Gasteiger partial charge in [-0.15, -0.1) is 0 Å². The Hall–Kier alpha value is -3.45. The normalized spacial score (nSPS) is 23.2. The Morgan fingerprint density at radius 1 is 1.12 bits per heavy atom. The minimum atomic E-state index is -4.71. The quantitative estimate of drug-likeness (QED) is 0.561. The summed E-state index contributed by atoms with van der Waals surface area (Å²) in [6.45, 7) is 1.32. The third kappa shape index (κ3) is 4.16. The highest BCUT2D eigenvalue weighted by Gasteiger charge is 2.58. The van der Waals surface area contributed by atoms with Crippen molar-refractivity contribution in [3.05, 3.63) is 71.6 Å². The Morgan fingerprint density at radius 2 is 1.79 bits per heavy atom. The number of hydrogen-bond acceptors (Lipinski definition) is 7. The van der Waals surface area contributed by atoms with Gasteiger partial charge in [-0.05, 0) is 24.6 Å². The van der Waals surface area contributed by atoms with Crippen LogP contribution in [0.15, 0.2) is 71.0 Å². The van der Waals surface area contributed by atoms with Gasteiger partial charge < -0.3 is 5.32 Å². The van der Waals surface area contributed by atoms with Gasteiger partial charge in [-0.3, -0.25) is 9.59 Å². The Morgan fingerprint density at radius 3 is 2.39 bits per heavy atom. The first-order valence-electron chi connectivity index (χ1n) is 9.67. The summed E-state index contributed by atoms with van der Waals surface area (Å²) >= 11 is 0. The molecule has 3 unspecified atom stereocenters. The number of sulfonamides is 1. The molecule has 1 saturated heterocycles. The molecule has 2 amide bonds. The molecule has 174 valence electrons. The number of pyridine rings is 1. The van der Waals surface area contributed by atoms with Crippen molar-refractivity contribution in [2.75, 3.05) is 0 Å². The average molecular weight is 481 g/mol. The average Bonchev–Trinajstić information content (AvgIpc) is 3.15. The number of hydrogen-bond donors (Lipinski definition) is 3. The number of halogens is 3. The number of carbonyl (C=O) groups is 2. The van der Waals surface area contributed by atoms with Gasteiger partial charge in [0.15, 0.2) is 5.03 Å². The van der Waals surface area contributed by atoms with Gasteiger partial charge >= 0.3 is 6.18 Å². The second-order valence-corrected chi connectivity index (χ2v) is 9.08. The second kappa shape index (κ2) is 8.15. The van der Waals surface area contributed by atoms with Crippen molar-refractivity contribution >= 4 is 21.8 Å². The lowest BCUT2D eigenvalue weighted by Crippen LogP contribution is -2.57. The number of nitrogens with zero attached hydrogens (tertiary/aromatic N) is 2. The van der Waals surface area contributed by atoms with E-state index in [-0.39, 0.29) is 5.70 Å². The van der Waals surface area contributed by atoms with Crippen LogP contribution in [0.1, 0.15) is 18.4 Å². The predicted octanol–water partition coefficient (Wildman–Crippen LogP) is 1.15. The minimum absolute atomic E-state index is 0.0551. The van der Waals surface area contributed by atoms with E-state index in [2.05, 4.69) is 15.7 Å². The molecule has 2 aliphatic rings. The molecule has 0 aliphatic carbocycles. The molecule has 1 aromatic carbocycles. The number of alkyl halides is 3. The molecule has 0 radical (unpaired) electrons. The number of fused-ring (bicyclic) bond motifs is 1. The number of nitrogens with one attached hydrogen (secondary N) is 3. The number of rotatable bonds is 4. The maximum atomic E-state index is 13.8. The number of benzene rings is 1. The van der Waals surface area contributed by atoms with E-state index < -0.39 is 56.7 Å². The summed E-state index contributed by atoms with van der Waals surface area (Å²) < 4.78 is 68.0. The molecule has 0 saturated carbocycles. The van der Waals surface area contributed by atoms with Gasteiger partial charge in [0.1, 0.15) is 17.8 Å². The van der Waals surface area contributed by atoms with Gasteiger partial charge in [-0.25, -0.2) is 20.1 Å². The highest BCUT2D eigenvalue weighted by molar-refractivity contribution is 7.90. The largest absolute Gasteiger partial charge is 0.406 e. The Bertz CT molecular complexity index is 1220. The number of allylic oxidation sites excluding steroid dienone is 1. The van der Waals surface area contributed by atoms with E-state index in [1.165, 1.54) is 37.4 Å². The van der Waals surface area contributed by atoms with Crippen molar-refractivity contribution in [2.24, 2.45) is 0 Å². The highest BCUT2D eigenvalue weighted by Crippen LogP contribution is 2.41. The first-order valence-corrected chi connectivity index (χ1v) is 11.2. The smallest absolute Gasteiger partial charge is 0.366 e. The fourth-order valence-corrected chi connectivity index (χ4v) is 4.80. The third-order valence-electron chi connectivity index (χ3n) is 5.33. The molecule has 2 aromatic rings. The van der Waals surface area contributed by atoms with Crippen molar-refractivity contribution in [1.29, 1.82) is 0 Å². The zero-order valence-corrected chi connectivity index (χ0v) is 17.8. The lowest BCUT2D eigenvalue weighted by molar-refractivity contribution is -0.161. The van der Waals surface area contributed by atoms with Crippen LogP contribution in [0.3, 0.4) is 0 Å². The first-order chi connectivity index (χ1) is 15.5. The molecule has 1 fully saturated rings. The number of amides is 2. The molecule has 2 aliphatic heterocycles. The molecule has 0 spiro atoms. The second-order valence-electron chi connectivity index (χ2n) is 7.45. The van der Waals surface area contributed by atoms with Crippen LogP contribution in [0.25, 0.3) is 0 Å². The van der Waals surface area contributed by atoms with Crippen molar-refractivity contribution in [2.45, 2.75) is 36.3 Å². The summed E-state index contributed by atoms with van der Waals surface area (Å²) in [4.78, 5) is 29.4. The predicted molar refractivity (Wildman–Crippen MR) is 108 cm³/mol. The van der Waals surface area contributed by atoms with E-state index in [0.717, 1.165) is 6.07 Å². The number of hydrazine groups is 1. The van der Waals surface area contributed by atoms with E-state index >= 15 is 0 Å². The molecule has 3 heterocycles. The Balaban J connectivity index is 1.66. The Labute approximate surface area is 186 Å². The van der Waals surface area contributed by atoms with Crippen LogP contribution in [-0.4, -0.2) is 48.6 Å². The van der Waals surface area contributed by atoms with Crippen LogP contribution in [0.5, 0.6) is 0 Å². The summed E-state index contributed by atoms with van der Waals surface area (Å²) in [6, 6.07) is 9.75. The number of carbonyl (C=O) groups excluding carboxylic acids is 2. The molecular formula is C20H18F3N5O4S. The van der Waals surface area contributed by atoms with E-state index in [1.807, 2.05) is 0 Å². The van der Waals surface area contributed by atoms with E-state index in [9.17, 15) is 31.2 Å². The summed E-state index contributed by atoms with van der Waals surface area (Å²) in [6.07, 6.45) is -4.66. The first kappa shape index (κ1) is 22.7. The summed E-state index contributed by atoms with van der Waals surface area (Å²) in [7, 11) is -4.41. The topological polar surface area (TPSA) is 120 Å². The zero-order chi connectivity index (χ0) is 24.0. The van der Waals surface area contributed by atoms with Crippen molar-refractivity contribution in [3.63, 3.8) is 0 Å². The third-order valence-corrected chi connectivity index (χ3v) is 6.58. The summed E-state index contributed by atoms with van der Waals surface area (Å²) in [5, 5.41) is 3.00. The monoisotopic (exact) mass is 481 g/mol. The van der Waals surface area contributed by atoms with Crippen molar-refractivity contribution < 1.29 is 31.2 Å². The molecule has 9 nitrogen and oxygen atoms in total. The fraction of sp³-hybridized carbons (Fsp3) is 0.250. The SMILES string of the molecule is CC1=C(C(=O)NS(=O)(=O)c2ccccn2)C(=O)N2NC(C(F)(F)F)C(c3ccccc3)C2N1.